The van der Waals surface area contributed by atoms with Gasteiger partial charge in [0.05, 0.1) is 0 Å². The van der Waals surface area contributed by atoms with Crippen LogP contribution in [-0.2, 0) is 19.1 Å². The number of rotatable bonds is 7. The van der Waals surface area contributed by atoms with Crippen LogP contribution >= 0.6 is 11.6 Å². The average Bonchev–Trinajstić information content (AvgIpc) is 2.46. The molecule has 9 heteroatoms. The first-order chi connectivity index (χ1) is 10.5. The Labute approximate surface area is 160 Å². The minimum absolute atomic E-state index is 0. The summed E-state index contributed by atoms with van der Waals surface area (Å²) in [5.41, 5.74) is 0. The van der Waals surface area contributed by atoms with E-state index < -0.39 is 24.8 Å². The number of nitrogens with one attached hydrogen (secondary N) is 1. The van der Waals surface area contributed by atoms with E-state index >= 15 is 0 Å². The van der Waals surface area contributed by atoms with Crippen LogP contribution in [0.2, 0.25) is 5.02 Å². The number of halogens is 1. The Bertz CT molecular complexity index is 523. The molecule has 0 aliphatic carbocycles. The molecule has 120 valence electrons. The third-order valence-electron chi connectivity index (χ3n) is 2.32. The van der Waals surface area contributed by atoms with Gasteiger partial charge >= 0.3 is 47.6 Å². The Hall–Kier alpha value is -1.28. The molecule has 0 aromatic heterocycles. The summed E-state index contributed by atoms with van der Waals surface area (Å²) in [6, 6.07) is 6.41. The molecule has 0 bridgehead atoms. The van der Waals surface area contributed by atoms with Gasteiger partial charge < -0.3 is 19.5 Å². The van der Waals surface area contributed by atoms with E-state index in [9.17, 15) is 14.4 Å². The molecule has 7 nitrogen and oxygen atoms in total. The van der Waals surface area contributed by atoms with Crippen molar-refractivity contribution in [2.45, 2.75) is 19.8 Å². The van der Waals surface area contributed by atoms with Crippen molar-refractivity contribution in [3.8, 4) is 5.75 Å². The van der Waals surface area contributed by atoms with Crippen molar-refractivity contribution >= 4 is 29.6 Å². The molecule has 23 heavy (non-hydrogen) atoms. The molecule has 0 saturated carbocycles. The third kappa shape index (κ3) is 11.0. The van der Waals surface area contributed by atoms with Crippen molar-refractivity contribution < 1.29 is 58.2 Å². The quantitative estimate of drug-likeness (QED) is 0.229. The molecule has 0 spiro atoms. The van der Waals surface area contributed by atoms with Crippen LogP contribution < -0.4 is 39.6 Å². The molecule has 0 aliphatic rings. The van der Waals surface area contributed by atoms with Crippen molar-refractivity contribution in [1.29, 1.82) is 0 Å². The molecular weight excluding hydrogens is 337 g/mol. The summed E-state index contributed by atoms with van der Waals surface area (Å²) in [5.74, 6) is -0.557. The standard InChI is InChI=1S/C14H16ClNO6.Na/c1-10(17)20-9-21-14(19)16-8-2-3-13(18)22-12-6-4-11(15)5-7-12;/h4-7H,2-3,8-9H2,1H3,(H,16,19);/q;+1. The Balaban J connectivity index is 0.00000484. The van der Waals surface area contributed by atoms with E-state index in [1.165, 1.54) is 6.92 Å². The van der Waals surface area contributed by atoms with Gasteiger partial charge in [-0.2, -0.15) is 0 Å². The Morgan fingerprint density at radius 3 is 2.39 bits per heavy atom. The van der Waals surface area contributed by atoms with Gasteiger partial charge in [-0.05, 0) is 30.7 Å². The van der Waals surface area contributed by atoms with Crippen molar-refractivity contribution in [2.75, 3.05) is 13.3 Å². The maximum atomic E-state index is 11.5. The maximum absolute atomic E-state index is 11.5. The maximum Gasteiger partial charge on any atom is 1.00 e. The molecule has 0 atom stereocenters. The van der Waals surface area contributed by atoms with Crippen molar-refractivity contribution in [2.24, 2.45) is 0 Å². The van der Waals surface area contributed by atoms with Gasteiger partial charge in [-0.1, -0.05) is 11.6 Å². The van der Waals surface area contributed by atoms with E-state index in [-0.39, 0.29) is 42.5 Å². The zero-order valence-corrected chi connectivity index (χ0v) is 15.7. The number of carbonyl (C=O) groups is 3. The average molecular weight is 353 g/mol. The molecule has 1 aromatic rings. The number of hydrogen-bond acceptors (Lipinski definition) is 6. The first kappa shape index (κ1) is 21.7. The smallest absolute Gasteiger partial charge is 0.428 e. The number of ether oxygens (including phenoxy) is 3. The third-order valence-corrected chi connectivity index (χ3v) is 2.58. The monoisotopic (exact) mass is 352 g/mol. The molecule has 0 unspecified atom stereocenters. The van der Waals surface area contributed by atoms with Crippen LogP contribution in [0.5, 0.6) is 5.75 Å². The van der Waals surface area contributed by atoms with E-state index in [4.69, 9.17) is 16.3 Å². The first-order valence-corrected chi connectivity index (χ1v) is 6.85. The number of alkyl carbamates (subject to hydrolysis) is 1. The Morgan fingerprint density at radius 1 is 1.13 bits per heavy atom. The van der Waals surface area contributed by atoms with Gasteiger partial charge in [0.25, 0.3) is 0 Å². The predicted octanol–water partition coefficient (Wildman–Crippen LogP) is -0.724. The predicted molar refractivity (Wildman–Crippen MR) is 77.4 cm³/mol. The summed E-state index contributed by atoms with van der Waals surface area (Å²) in [6.45, 7) is 0.988. The second kappa shape index (κ2) is 12.2. The summed E-state index contributed by atoms with van der Waals surface area (Å²) >= 11 is 5.71. The zero-order valence-electron chi connectivity index (χ0n) is 13.0. The first-order valence-electron chi connectivity index (χ1n) is 6.47. The number of amides is 1. The van der Waals surface area contributed by atoms with Crippen LogP contribution in [0.25, 0.3) is 0 Å². The second-order valence-corrected chi connectivity index (χ2v) is 4.58. The molecule has 1 N–H and O–H groups in total. The van der Waals surface area contributed by atoms with Crippen LogP contribution in [0.4, 0.5) is 4.79 Å². The molecule has 1 rings (SSSR count). The molecule has 0 fully saturated rings. The summed E-state index contributed by atoms with van der Waals surface area (Å²) in [7, 11) is 0. The second-order valence-electron chi connectivity index (χ2n) is 4.14. The topological polar surface area (TPSA) is 90.9 Å². The van der Waals surface area contributed by atoms with Crippen molar-refractivity contribution in [1.82, 2.24) is 5.32 Å². The molecule has 1 amide bonds. The molecule has 0 aliphatic heterocycles. The fourth-order valence-corrected chi connectivity index (χ4v) is 1.45. The van der Waals surface area contributed by atoms with E-state index in [0.29, 0.717) is 17.2 Å². The zero-order chi connectivity index (χ0) is 16.4. The van der Waals surface area contributed by atoms with E-state index in [1.54, 1.807) is 24.3 Å². The van der Waals surface area contributed by atoms with Crippen LogP contribution in [0.3, 0.4) is 0 Å². The minimum atomic E-state index is -0.729. The van der Waals surface area contributed by atoms with Crippen molar-refractivity contribution in [3.63, 3.8) is 0 Å². The normalized spacial score (nSPS) is 9.30. The molecule has 0 heterocycles. The van der Waals surface area contributed by atoms with Crippen LogP contribution in [0, 0.1) is 0 Å². The van der Waals surface area contributed by atoms with Gasteiger partial charge in [0.1, 0.15) is 5.75 Å². The molecule has 0 radical (unpaired) electrons. The fourth-order valence-electron chi connectivity index (χ4n) is 1.33. The van der Waals surface area contributed by atoms with Crippen molar-refractivity contribution in [3.05, 3.63) is 29.3 Å². The van der Waals surface area contributed by atoms with Crippen LogP contribution in [0.1, 0.15) is 19.8 Å². The van der Waals surface area contributed by atoms with E-state index in [0.717, 1.165) is 0 Å². The van der Waals surface area contributed by atoms with Crippen LogP contribution in [0.15, 0.2) is 24.3 Å². The Kier molecular flexibility index (Phi) is 11.5. The van der Waals surface area contributed by atoms with Gasteiger partial charge in [0.2, 0.25) is 6.79 Å². The van der Waals surface area contributed by atoms with Gasteiger partial charge in [-0.3, -0.25) is 9.59 Å². The minimum Gasteiger partial charge on any atom is -0.428 e. The number of hydrogen-bond donors (Lipinski definition) is 1. The van der Waals surface area contributed by atoms with Gasteiger partial charge in [-0.15, -0.1) is 0 Å². The summed E-state index contributed by atoms with van der Waals surface area (Å²) in [5, 5.41) is 2.96. The number of esters is 2. The summed E-state index contributed by atoms with van der Waals surface area (Å²) < 4.78 is 14.0. The van der Waals surface area contributed by atoms with E-state index in [1.807, 2.05) is 0 Å². The largest absolute Gasteiger partial charge is 1.00 e. The summed E-state index contributed by atoms with van der Waals surface area (Å²) in [4.78, 5) is 33.1. The summed E-state index contributed by atoms with van der Waals surface area (Å²) in [6.07, 6.45) is -0.214. The van der Waals surface area contributed by atoms with Gasteiger partial charge in [0.15, 0.2) is 0 Å². The molecule has 0 saturated heterocycles. The van der Waals surface area contributed by atoms with Crippen LogP contribution in [-0.4, -0.2) is 31.4 Å². The molecule has 1 aromatic carbocycles. The Morgan fingerprint density at radius 2 is 1.78 bits per heavy atom. The fraction of sp³-hybridized carbons (Fsp3) is 0.357. The SMILES string of the molecule is CC(=O)OCOC(=O)NCCCC(=O)Oc1ccc(Cl)cc1.[Na+]. The number of benzene rings is 1. The van der Waals surface area contributed by atoms with Gasteiger partial charge in [-0.25, -0.2) is 4.79 Å². The van der Waals surface area contributed by atoms with Gasteiger partial charge in [0, 0.05) is 24.9 Å². The molecular formula is C14H16ClNNaO6+. The van der Waals surface area contributed by atoms with E-state index in [2.05, 4.69) is 14.8 Å². The number of carbonyl (C=O) groups excluding carboxylic acids is 3.